The van der Waals surface area contributed by atoms with Crippen LogP contribution in [0.15, 0.2) is 30.3 Å². The third kappa shape index (κ3) is 3.21. The van der Waals surface area contributed by atoms with E-state index in [1.165, 1.54) is 61.2 Å². The zero-order chi connectivity index (χ0) is 20.9. The van der Waals surface area contributed by atoms with Gasteiger partial charge in [0.1, 0.15) is 0 Å². The van der Waals surface area contributed by atoms with Crippen LogP contribution in [0.25, 0.3) is 0 Å². The summed E-state index contributed by atoms with van der Waals surface area (Å²) in [5.74, 6) is 10.1. The van der Waals surface area contributed by atoms with Gasteiger partial charge in [0.15, 0.2) is 12.4 Å². The first-order valence-electron chi connectivity index (χ1n) is 13.0. The van der Waals surface area contributed by atoms with Gasteiger partial charge in [-0.15, -0.1) is 0 Å². The lowest BCUT2D eigenvalue weighted by Crippen LogP contribution is -2.80. The van der Waals surface area contributed by atoms with Gasteiger partial charge >= 0.3 is 5.97 Å². The molecule has 166 valence electrons. The highest BCUT2D eigenvalue weighted by atomic mass is 16.5. The van der Waals surface area contributed by atoms with Crippen LogP contribution in [0.2, 0.25) is 0 Å². The summed E-state index contributed by atoms with van der Waals surface area (Å²) in [5.41, 5.74) is 0.600. The maximum Gasteiger partial charge on any atom is 0.306 e. The Kier molecular flexibility index (Phi) is 5.19. The molecule has 0 aliphatic heterocycles. The molecule has 1 aromatic carbocycles. The molecule has 0 heterocycles. The Labute approximate surface area is 186 Å². The Hall–Kier alpha value is -1.64. The molecule has 6 rings (SSSR count). The number of ketones is 1. The van der Waals surface area contributed by atoms with Crippen molar-refractivity contribution in [2.45, 2.75) is 64.2 Å². The third-order valence-corrected chi connectivity index (χ3v) is 10.1. The van der Waals surface area contributed by atoms with Gasteiger partial charge in [-0.1, -0.05) is 62.4 Å². The van der Waals surface area contributed by atoms with Crippen molar-refractivity contribution in [3.05, 3.63) is 35.9 Å². The van der Waals surface area contributed by atoms with Gasteiger partial charge in [-0.3, -0.25) is 9.59 Å². The molecule has 31 heavy (non-hydrogen) atoms. The number of rotatable bonds is 11. The number of ether oxygens (including phenoxy) is 1. The van der Waals surface area contributed by atoms with E-state index in [0.717, 1.165) is 30.6 Å². The number of esters is 1. The molecule has 5 aliphatic rings. The summed E-state index contributed by atoms with van der Waals surface area (Å²) in [4.78, 5) is 23.8. The summed E-state index contributed by atoms with van der Waals surface area (Å²) in [5, 5.41) is 0. The lowest BCUT2D eigenvalue weighted by molar-refractivity contribution is -0.375. The summed E-state index contributed by atoms with van der Waals surface area (Å²) >= 11 is 0. The van der Waals surface area contributed by atoms with Crippen LogP contribution in [0.5, 0.6) is 0 Å². The van der Waals surface area contributed by atoms with Gasteiger partial charge in [0, 0.05) is 12.0 Å². The van der Waals surface area contributed by atoms with Gasteiger partial charge in [0.2, 0.25) is 0 Å². The van der Waals surface area contributed by atoms with Crippen molar-refractivity contribution in [2.24, 2.45) is 53.3 Å². The van der Waals surface area contributed by atoms with Crippen molar-refractivity contribution < 1.29 is 14.3 Å². The molecule has 5 saturated carbocycles. The highest BCUT2D eigenvalue weighted by Gasteiger charge is 2.79. The molecular weight excluding hydrogens is 384 g/mol. The molecule has 9 atom stereocenters. The van der Waals surface area contributed by atoms with E-state index in [1.54, 1.807) is 31.4 Å². The molecule has 0 aromatic heterocycles. The van der Waals surface area contributed by atoms with E-state index in [2.05, 4.69) is 0 Å². The van der Waals surface area contributed by atoms with Crippen LogP contribution in [-0.4, -0.2) is 18.4 Å². The molecule has 5 fully saturated rings. The van der Waals surface area contributed by atoms with Gasteiger partial charge in [0.05, 0.1) is 0 Å². The smallest absolute Gasteiger partial charge is 0.306 e. The number of unbranched alkanes of at least 4 members (excludes halogenated alkanes) is 4. The Morgan fingerprint density at radius 2 is 1.45 bits per heavy atom. The maximum absolute atomic E-state index is 12.0. The average molecular weight is 421 g/mol. The van der Waals surface area contributed by atoms with Crippen molar-refractivity contribution in [1.82, 2.24) is 0 Å². The average Bonchev–Trinajstić information content (AvgIpc) is 2.76. The Morgan fingerprint density at radius 3 is 2.23 bits per heavy atom. The normalized spacial score (nSPS) is 40.2. The van der Waals surface area contributed by atoms with E-state index in [-0.39, 0.29) is 18.4 Å². The van der Waals surface area contributed by atoms with Crippen molar-refractivity contribution in [2.75, 3.05) is 6.61 Å². The quantitative estimate of drug-likeness (QED) is 0.193. The third-order valence-electron chi connectivity index (χ3n) is 10.1. The van der Waals surface area contributed by atoms with Crippen LogP contribution >= 0.6 is 0 Å². The van der Waals surface area contributed by atoms with Crippen molar-refractivity contribution in [1.29, 1.82) is 0 Å². The number of carbonyl (C=O) groups is 2. The zero-order valence-electron chi connectivity index (χ0n) is 18.6. The molecule has 0 amide bonds. The number of fused-ring (bicyclic) bond motifs is 10. The predicted octanol–water partition coefficient (Wildman–Crippen LogP) is 5.93. The van der Waals surface area contributed by atoms with E-state index >= 15 is 0 Å². The van der Waals surface area contributed by atoms with Gasteiger partial charge in [-0.2, -0.15) is 0 Å². The summed E-state index contributed by atoms with van der Waals surface area (Å²) in [6.45, 7) is -0.142. The van der Waals surface area contributed by atoms with E-state index in [1.807, 2.05) is 18.2 Å². The molecule has 5 aliphatic carbocycles. The highest BCUT2D eigenvalue weighted by Crippen LogP contribution is 2.84. The molecule has 0 unspecified atom stereocenters. The van der Waals surface area contributed by atoms with Crippen LogP contribution in [0, 0.1) is 53.3 Å². The van der Waals surface area contributed by atoms with Crippen LogP contribution in [0.3, 0.4) is 0 Å². The molecule has 0 N–H and O–H groups in total. The summed E-state index contributed by atoms with van der Waals surface area (Å²) in [7, 11) is 0. The van der Waals surface area contributed by atoms with Crippen molar-refractivity contribution in [3.63, 3.8) is 0 Å². The minimum Gasteiger partial charge on any atom is -0.457 e. The largest absolute Gasteiger partial charge is 0.457 e. The summed E-state index contributed by atoms with van der Waals surface area (Å²) < 4.78 is 5.14. The molecule has 0 bridgehead atoms. The van der Waals surface area contributed by atoms with E-state index < -0.39 is 0 Å². The standard InChI is InChI=1S/C28H36O3/c29-22(17-9-6-4-7-10-17)16-31-23(30)12-8-3-1-2-5-11-18-15-21-24(18)28-26-20-14-13-19(20)25(26)27(21)28/h4,6-7,9-10,18-21,24-28H,1-3,5,8,11-16H2/t18-,19-,20+,21-,24+,25+,26-,27-,28+/m1/s1. The number of carbonyl (C=O) groups excluding carboxylic acids is 2. The number of hydrogen-bond acceptors (Lipinski definition) is 3. The fraction of sp³-hybridized carbons (Fsp3) is 0.714. The van der Waals surface area contributed by atoms with Gasteiger partial charge < -0.3 is 4.74 Å². The lowest BCUT2D eigenvalue weighted by atomic mass is 9.20. The number of hydrogen-bond donors (Lipinski definition) is 0. The first kappa shape index (κ1) is 20.0. The molecule has 3 heteroatoms. The van der Waals surface area contributed by atoms with Crippen LogP contribution in [0.4, 0.5) is 0 Å². The second kappa shape index (κ2) is 8.05. The number of benzene rings is 1. The Balaban J connectivity index is 0.799. The Bertz CT molecular complexity index is 826. The predicted molar refractivity (Wildman–Crippen MR) is 119 cm³/mol. The van der Waals surface area contributed by atoms with Crippen molar-refractivity contribution in [3.8, 4) is 0 Å². The molecule has 0 radical (unpaired) electrons. The van der Waals surface area contributed by atoms with Gasteiger partial charge in [-0.25, -0.2) is 0 Å². The topological polar surface area (TPSA) is 43.4 Å². The molecule has 0 spiro atoms. The van der Waals surface area contributed by atoms with Crippen LogP contribution in [-0.2, 0) is 9.53 Å². The van der Waals surface area contributed by atoms with Crippen molar-refractivity contribution >= 4 is 11.8 Å². The molecule has 0 saturated heterocycles. The first-order chi connectivity index (χ1) is 15.2. The monoisotopic (exact) mass is 420 g/mol. The minimum atomic E-state index is -0.243. The zero-order valence-corrected chi connectivity index (χ0v) is 18.6. The van der Waals surface area contributed by atoms with E-state index in [9.17, 15) is 9.59 Å². The minimum absolute atomic E-state index is 0.132. The van der Waals surface area contributed by atoms with Crippen LogP contribution in [0.1, 0.15) is 74.6 Å². The van der Waals surface area contributed by atoms with E-state index in [0.29, 0.717) is 12.0 Å². The maximum atomic E-state index is 12.0. The Morgan fingerprint density at radius 1 is 0.774 bits per heavy atom. The fourth-order valence-electron chi connectivity index (χ4n) is 8.60. The lowest BCUT2D eigenvalue weighted by Gasteiger charge is -2.85. The summed E-state index contributed by atoms with van der Waals surface area (Å²) in [6.07, 6.45) is 12.5. The molecule has 1 aromatic rings. The second-order valence-corrected chi connectivity index (χ2v) is 11.2. The van der Waals surface area contributed by atoms with Crippen LogP contribution < -0.4 is 0 Å². The van der Waals surface area contributed by atoms with E-state index in [4.69, 9.17) is 4.74 Å². The highest BCUT2D eigenvalue weighted by molar-refractivity contribution is 5.97. The van der Waals surface area contributed by atoms with Gasteiger partial charge in [-0.05, 0) is 78.9 Å². The molecular formula is C28H36O3. The second-order valence-electron chi connectivity index (χ2n) is 11.2. The number of Topliss-reactive ketones (excluding diaryl/α,β-unsaturated/α-hetero) is 1. The van der Waals surface area contributed by atoms with Gasteiger partial charge in [0.25, 0.3) is 0 Å². The fourth-order valence-corrected chi connectivity index (χ4v) is 8.60. The first-order valence-corrected chi connectivity index (χ1v) is 13.0. The molecule has 3 nitrogen and oxygen atoms in total. The SMILES string of the molecule is O=C(CCCCCCC[C@@H]1C[C@H]2[C@@H]3[C@H]4[C@@H]5CC[C@@H]5[C@H]4[C@@H]3[C@@H]12)OCC(=O)c1ccccc1. The summed E-state index contributed by atoms with van der Waals surface area (Å²) in [6, 6.07) is 9.02.